The lowest BCUT2D eigenvalue weighted by molar-refractivity contribution is 0.0944. The van der Waals surface area contributed by atoms with Gasteiger partial charge in [0.15, 0.2) is 5.82 Å². The standard InChI is InChI=1S/C22H24N4O2/c1-15(2)14-23-22(27)18-13-20(24-17-11-7-8-12-19(17)28-3)26-21(25-18)16-9-5-4-6-10-16/h4-13,15H,14H2,1-3H3,(H,23,27)(H,24,25,26). The van der Waals surface area contributed by atoms with Crippen molar-refractivity contribution in [1.82, 2.24) is 15.3 Å². The van der Waals surface area contributed by atoms with Crippen LogP contribution in [0.2, 0.25) is 0 Å². The zero-order valence-electron chi connectivity index (χ0n) is 16.3. The average Bonchev–Trinajstić information content (AvgIpc) is 2.72. The summed E-state index contributed by atoms with van der Waals surface area (Å²) >= 11 is 0. The van der Waals surface area contributed by atoms with Gasteiger partial charge in [0.05, 0.1) is 12.8 Å². The van der Waals surface area contributed by atoms with Crippen LogP contribution in [0, 0.1) is 5.92 Å². The molecule has 0 aliphatic heterocycles. The summed E-state index contributed by atoms with van der Waals surface area (Å²) in [6.07, 6.45) is 0. The molecule has 0 aliphatic carbocycles. The molecule has 0 saturated heterocycles. The Morgan fingerprint density at radius 1 is 1.04 bits per heavy atom. The molecule has 0 atom stereocenters. The Morgan fingerprint density at radius 2 is 1.75 bits per heavy atom. The molecule has 1 aromatic heterocycles. The lowest BCUT2D eigenvalue weighted by Gasteiger charge is -2.13. The van der Waals surface area contributed by atoms with Crippen LogP contribution in [-0.4, -0.2) is 29.5 Å². The van der Waals surface area contributed by atoms with Crippen molar-refractivity contribution >= 4 is 17.4 Å². The number of methoxy groups -OCH3 is 1. The monoisotopic (exact) mass is 376 g/mol. The van der Waals surface area contributed by atoms with Crippen molar-refractivity contribution in [3.05, 3.63) is 66.4 Å². The zero-order valence-corrected chi connectivity index (χ0v) is 16.3. The van der Waals surface area contributed by atoms with Gasteiger partial charge in [0.2, 0.25) is 0 Å². The summed E-state index contributed by atoms with van der Waals surface area (Å²) in [7, 11) is 1.61. The summed E-state index contributed by atoms with van der Waals surface area (Å²) in [5.74, 6) is 1.82. The van der Waals surface area contributed by atoms with Crippen LogP contribution in [0.15, 0.2) is 60.7 Å². The van der Waals surface area contributed by atoms with E-state index in [9.17, 15) is 4.79 Å². The predicted molar refractivity (Wildman–Crippen MR) is 111 cm³/mol. The highest BCUT2D eigenvalue weighted by molar-refractivity contribution is 5.93. The van der Waals surface area contributed by atoms with E-state index in [2.05, 4.69) is 20.6 Å². The molecule has 3 rings (SSSR count). The van der Waals surface area contributed by atoms with Crippen LogP contribution in [0.1, 0.15) is 24.3 Å². The van der Waals surface area contributed by atoms with Gasteiger partial charge in [-0.05, 0) is 18.1 Å². The third kappa shape index (κ3) is 4.85. The van der Waals surface area contributed by atoms with Crippen molar-refractivity contribution in [1.29, 1.82) is 0 Å². The Hall–Kier alpha value is -3.41. The maximum absolute atomic E-state index is 12.6. The number of carbonyl (C=O) groups is 1. The number of amides is 1. The molecule has 0 radical (unpaired) electrons. The summed E-state index contributed by atoms with van der Waals surface area (Å²) in [5.41, 5.74) is 1.91. The average molecular weight is 376 g/mol. The largest absolute Gasteiger partial charge is 0.495 e. The van der Waals surface area contributed by atoms with Gasteiger partial charge >= 0.3 is 0 Å². The Kier molecular flexibility index (Phi) is 6.22. The number of carbonyl (C=O) groups excluding carboxylic acids is 1. The maximum Gasteiger partial charge on any atom is 0.270 e. The summed E-state index contributed by atoms with van der Waals surface area (Å²) < 4.78 is 5.39. The van der Waals surface area contributed by atoms with Gasteiger partial charge in [0.25, 0.3) is 5.91 Å². The number of nitrogens with one attached hydrogen (secondary N) is 2. The summed E-state index contributed by atoms with van der Waals surface area (Å²) in [4.78, 5) is 21.7. The molecule has 28 heavy (non-hydrogen) atoms. The maximum atomic E-state index is 12.6. The second kappa shape index (κ2) is 8.99. The minimum absolute atomic E-state index is 0.226. The van der Waals surface area contributed by atoms with Gasteiger partial charge in [0, 0.05) is 18.2 Å². The van der Waals surface area contributed by atoms with Crippen LogP contribution in [0.5, 0.6) is 5.75 Å². The highest BCUT2D eigenvalue weighted by Crippen LogP contribution is 2.27. The third-order valence-corrected chi connectivity index (χ3v) is 4.03. The molecule has 2 aromatic carbocycles. The quantitative estimate of drug-likeness (QED) is 0.644. The highest BCUT2D eigenvalue weighted by Gasteiger charge is 2.14. The first-order valence-corrected chi connectivity index (χ1v) is 9.19. The fraction of sp³-hybridized carbons (Fsp3) is 0.227. The van der Waals surface area contributed by atoms with Gasteiger partial charge in [-0.25, -0.2) is 9.97 Å². The van der Waals surface area contributed by atoms with Crippen LogP contribution in [0.3, 0.4) is 0 Å². The number of para-hydroxylation sites is 2. The van der Waals surface area contributed by atoms with Crippen LogP contribution < -0.4 is 15.4 Å². The fourth-order valence-electron chi connectivity index (χ4n) is 2.62. The second-order valence-electron chi connectivity index (χ2n) is 6.76. The first kappa shape index (κ1) is 19.4. The van der Waals surface area contributed by atoms with E-state index in [0.29, 0.717) is 35.5 Å². The summed E-state index contributed by atoms with van der Waals surface area (Å²) in [6.45, 7) is 4.67. The lowest BCUT2D eigenvalue weighted by Crippen LogP contribution is -2.28. The molecule has 0 unspecified atom stereocenters. The van der Waals surface area contributed by atoms with E-state index in [1.807, 2.05) is 68.4 Å². The van der Waals surface area contributed by atoms with E-state index in [4.69, 9.17) is 4.74 Å². The van der Waals surface area contributed by atoms with Crippen molar-refractivity contribution in [3.8, 4) is 17.1 Å². The first-order chi connectivity index (χ1) is 13.6. The van der Waals surface area contributed by atoms with Crippen LogP contribution in [0.25, 0.3) is 11.4 Å². The van der Waals surface area contributed by atoms with Gasteiger partial charge in [-0.2, -0.15) is 0 Å². The number of nitrogens with zero attached hydrogens (tertiary/aromatic N) is 2. The van der Waals surface area contributed by atoms with Gasteiger partial charge < -0.3 is 15.4 Å². The highest BCUT2D eigenvalue weighted by atomic mass is 16.5. The molecule has 0 bridgehead atoms. The number of hydrogen-bond acceptors (Lipinski definition) is 5. The molecule has 0 spiro atoms. The van der Waals surface area contributed by atoms with E-state index in [1.54, 1.807) is 13.2 Å². The predicted octanol–water partition coefficient (Wildman–Crippen LogP) is 4.28. The minimum atomic E-state index is -0.226. The molecular formula is C22H24N4O2. The molecule has 2 N–H and O–H groups in total. The Labute approximate surface area is 165 Å². The van der Waals surface area contributed by atoms with Crippen LogP contribution in [-0.2, 0) is 0 Å². The van der Waals surface area contributed by atoms with E-state index in [0.717, 1.165) is 11.3 Å². The Morgan fingerprint density at radius 3 is 2.46 bits per heavy atom. The molecule has 3 aromatic rings. The van der Waals surface area contributed by atoms with Crippen molar-refractivity contribution < 1.29 is 9.53 Å². The third-order valence-electron chi connectivity index (χ3n) is 4.03. The van der Waals surface area contributed by atoms with Crippen molar-refractivity contribution in [2.75, 3.05) is 19.0 Å². The molecule has 0 saturated carbocycles. The van der Waals surface area contributed by atoms with E-state index < -0.39 is 0 Å². The number of ether oxygens (including phenoxy) is 1. The zero-order chi connectivity index (χ0) is 19.9. The SMILES string of the molecule is COc1ccccc1Nc1cc(C(=O)NCC(C)C)nc(-c2ccccc2)n1. The molecular weight excluding hydrogens is 352 g/mol. The number of hydrogen-bond donors (Lipinski definition) is 2. The smallest absolute Gasteiger partial charge is 0.270 e. The second-order valence-corrected chi connectivity index (χ2v) is 6.76. The number of benzene rings is 2. The van der Waals surface area contributed by atoms with E-state index in [-0.39, 0.29) is 5.91 Å². The number of rotatable bonds is 7. The number of anilines is 2. The molecule has 6 heteroatoms. The molecule has 1 heterocycles. The van der Waals surface area contributed by atoms with Crippen LogP contribution >= 0.6 is 0 Å². The molecule has 0 aliphatic rings. The fourth-order valence-corrected chi connectivity index (χ4v) is 2.62. The van der Waals surface area contributed by atoms with Crippen molar-refractivity contribution in [2.45, 2.75) is 13.8 Å². The molecule has 144 valence electrons. The number of aromatic nitrogens is 2. The van der Waals surface area contributed by atoms with Gasteiger partial charge in [-0.1, -0.05) is 56.3 Å². The molecule has 0 fully saturated rings. The Bertz CT molecular complexity index is 942. The van der Waals surface area contributed by atoms with Gasteiger partial charge in [-0.15, -0.1) is 0 Å². The normalized spacial score (nSPS) is 10.6. The minimum Gasteiger partial charge on any atom is -0.495 e. The van der Waals surface area contributed by atoms with Gasteiger partial charge in [0.1, 0.15) is 17.3 Å². The summed E-state index contributed by atoms with van der Waals surface area (Å²) in [6, 6.07) is 18.8. The van der Waals surface area contributed by atoms with Crippen LogP contribution in [0.4, 0.5) is 11.5 Å². The Balaban J connectivity index is 1.98. The molecule has 6 nitrogen and oxygen atoms in total. The van der Waals surface area contributed by atoms with Gasteiger partial charge in [-0.3, -0.25) is 4.79 Å². The summed E-state index contributed by atoms with van der Waals surface area (Å²) in [5, 5.41) is 6.15. The topological polar surface area (TPSA) is 76.1 Å². The van der Waals surface area contributed by atoms with E-state index in [1.165, 1.54) is 0 Å². The first-order valence-electron chi connectivity index (χ1n) is 9.19. The van der Waals surface area contributed by atoms with Crippen molar-refractivity contribution in [2.24, 2.45) is 5.92 Å². The van der Waals surface area contributed by atoms with E-state index >= 15 is 0 Å². The lowest BCUT2D eigenvalue weighted by atomic mass is 10.2. The molecule has 1 amide bonds. The van der Waals surface area contributed by atoms with Crippen molar-refractivity contribution in [3.63, 3.8) is 0 Å².